The zero-order valence-electron chi connectivity index (χ0n) is 16.1. The molecule has 5 nitrogen and oxygen atoms in total. The molecule has 5 heteroatoms. The Morgan fingerprint density at radius 2 is 2.04 bits per heavy atom. The van der Waals surface area contributed by atoms with Gasteiger partial charge in [-0.25, -0.2) is 0 Å². The minimum absolute atomic E-state index is 0.0315. The summed E-state index contributed by atoms with van der Waals surface area (Å²) >= 11 is 0. The van der Waals surface area contributed by atoms with Gasteiger partial charge < -0.3 is 19.7 Å². The Morgan fingerprint density at radius 3 is 2.77 bits per heavy atom. The molecule has 1 aromatic carbocycles. The quantitative estimate of drug-likeness (QED) is 0.649. The predicted molar refractivity (Wildman–Crippen MR) is 103 cm³/mol. The van der Waals surface area contributed by atoms with Gasteiger partial charge in [-0.1, -0.05) is 13.3 Å². The monoisotopic (exact) mass is 360 g/mol. The topological polar surface area (TPSA) is 50.8 Å². The lowest BCUT2D eigenvalue weighted by Gasteiger charge is -2.16. The summed E-state index contributed by atoms with van der Waals surface area (Å²) in [5.74, 6) is 1.91. The first-order chi connectivity index (χ1) is 12.7. The minimum atomic E-state index is -0.0315. The molecular formula is C21H32N2O3. The number of amides is 1. The minimum Gasteiger partial charge on any atom is -0.490 e. The summed E-state index contributed by atoms with van der Waals surface area (Å²) in [7, 11) is 0. The molecule has 1 N–H and O–H groups in total. The first-order valence-corrected chi connectivity index (χ1v) is 10.1. The number of carbonyl (C=O) groups is 1. The number of ether oxygens (including phenoxy) is 2. The van der Waals surface area contributed by atoms with E-state index in [9.17, 15) is 4.79 Å². The van der Waals surface area contributed by atoms with E-state index in [2.05, 4.69) is 17.1 Å². The van der Waals surface area contributed by atoms with Crippen LogP contribution in [-0.4, -0.2) is 49.7 Å². The number of hydrogen-bond donors (Lipinski definition) is 1. The van der Waals surface area contributed by atoms with Crippen LogP contribution < -0.4 is 14.8 Å². The van der Waals surface area contributed by atoms with E-state index in [1.165, 1.54) is 25.8 Å². The number of benzene rings is 1. The second kappa shape index (κ2) is 9.26. The SMILES string of the molecule is CCCCOc1ccc(C(=O)NCC2CCN(C3CC3)C2)cc1OCC. The molecule has 2 aliphatic rings. The van der Waals surface area contributed by atoms with Crippen LogP contribution in [0.1, 0.15) is 56.3 Å². The van der Waals surface area contributed by atoms with Crippen molar-refractivity contribution in [3.05, 3.63) is 23.8 Å². The van der Waals surface area contributed by atoms with Crippen LogP contribution >= 0.6 is 0 Å². The predicted octanol–water partition coefficient (Wildman–Crippen LogP) is 3.48. The van der Waals surface area contributed by atoms with Crippen LogP contribution in [0.25, 0.3) is 0 Å². The van der Waals surface area contributed by atoms with Gasteiger partial charge in [0, 0.05) is 24.7 Å². The molecule has 0 bridgehead atoms. The molecular weight excluding hydrogens is 328 g/mol. The highest BCUT2D eigenvalue weighted by Crippen LogP contribution is 2.32. The molecule has 1 aliphatic heterocycles. The van der Waals surface area contributed by atoms with Crippen molar-refractivity contribution >= 4 is 5.91 Å². The lowest BCUT2D eigenvalue weighted by molar-refractivity contribution is 0.0946. The normalized spacial score (nSPS) is 20.2. The highest BCUT2D eigenvalue weighted by Gasteiger charge is 2.34. The third kappa shape index (κ3) is 5.13. The van der Waals surface area contributed by atoms with Gasteiger partial charge in [0.25, 0.3) is 5.91 Å². The summed E-state index contributed by atoms with van der Waals surface area (Å²) in [6, 6.07) is 6.29. The molecule has 1 heterocycles. The number of nitrogens with zero attached hydrogens (tertiary/aromatic N) is 1. The average Bonchev–Trinajstić information content (AvgIpc) is 3.39. The van der Waals surface area contributed by atoms with Gasteiger partial charge >= 0.3 is 0 Å². The number of carbonyl (C=O) groups excluding carboxylic acids is 1. The van der Waals surface area contributed by atoms with Crippen molar-refractivity contribution in [2.45, 2.75) is 52.0 Å². The molecule has 0 radical (unpaired) electrons. The van der Waals surface area contributed by atoms with Gasteiger partial charge in [0.2, 0.25) is 0 Å². The van der Waals surface area contributed by atoms with Crippen molar-refractivity contribution in [3.63, 3.8) is 0 Å². The van der Waals surface area contributed by atoms with Gasteiger partial charge in [0.1, 0.15) is 0 Å². The van der Waals surface area contributed by atoms with Crippen molar-refractivity contribution in [2.75, 3.05) is 32.8 Å². The second-order valence-electron chi connectivity index (χ2n) is 7.39. The summed E-state index contributed by atoms with van der Waals surface area (Å²) in [6.45, 7) is 8.35. The summed E-state index contributed by atoms with van der Waals surface area (Å²) in [4.78, 5) is 15.1. The third-order valence-electron chi connectivity index (χ3n) is 5.19. The van der Waals surface area contributed by atoms with E-state index in [0.717, 1.165) is 32.0 Å². The summed E-state index contributed by atoms with van der Waals surface area (Å²) < 4.78 is 11.5. The maximum Gasteiger partial charge on any atom is 0.251 e. The summed E-state index contributed by atoms with van der Waals surface area (Å²) in [5.41, 5.74) is 0.633. The van der Waals surface area contributed by atoms with Crippen LogP contribution in [0.3, 0.4) is 0 Å². The van der Waals surface area contributed by atoms with Gasteiger partial charge in [-0.05, 0) is 63.3 Å². The van der Waals surface area contributed by atoms with Crippen molar-refractivity contribution in [1.82, 2.24) is 10.2 Å². The fourth-order valence-electron chi connectivity index (χ4n) is 3.50. The molecule has 26 heavy (non-hydrogen) atoms. The number of nitrogens with one attached hydrogen (secondary N) is 1. The molecule has 1 atom stereocenters. The van der Waals surface area contributed by atoms with Crippen LogP contribution in [0.15, 0.2) is 18.2 Å². The summed E-state index contributed by atoms with van der Waals surface area (Å²) in [6.07, 6.45) is 5.99. The van der Waals surface area contributed by atoms with Gasteiger partial charge in [0.05, 0.1) is 13.2 Å². The molecule has 1 unspecified atom stereocenters. The average molecular weight is 360 g/mol. The maximum atomic E-state index is 12.5. The zero-order chi connectivity index (χ0) is 18.4. The Bertz CT molecular complexity index is 601. The fourth-order valence-corrected chi connectivity index (χ4v) is 3.50. The lowest BCUT2D eigenvalue weighted by Crippen LogP contribution is -2.31. The Morgan fingerprint density at radius 1 is 1.19 bits per heavy atom. The van der Waals surface area contributed by atoms with E-state index in [-0.39, 0.29) is 5.91 Å². The summed E-state index contributed by atoms with van der Waals surface area (Å²) in [5, 5.41) is 3.10. The van der Waals surface area contributed by atoms with E-state index >= 15 is 0 Å². The Labute approximate surface area is 157 Å². The first kappa shape index (κ1) is 19.0. The van der Waals surface area contributed by atoms with Crippen molar-refractivity contribution < 1.29 is 14.3 Å². The molecule has 2 fully saturated rings. The maximum absolute atomic E-state index is 12.5. The molecule has 3 rings (SSSR count). The molecule has 1 saturated heterocycles. The zero-order valence-corrected chi connectivity index (χ0v) is 16.1. The smallest absolute Gasteiger partial charge is 0.251 e. The van der Waals surface area contributed by atoms with Crippen molar-refractivity contribution in [3.8, 4) is 11.5 Å². The van der Waals surface area contributed by atoms with Gasteiger partial charge in [0.15, 0.2) is 11.5 Å². The van der Waals surface area contributed by atoms with Crippen LogP contribution in [0, 0.1) is 5.92 Å². The second-order valence-corrected chi connectivity index (χ2v) is 7.39. The van der Waals surface area contributed by atoms with Crippen molar-refractivity contribution in [2.24, 2.45) is 5.92 Å². The van der Waals surface area contributed by atoms with Gasteiger partial charge in [-0.3, -0.25) is 4.79 Å². The van der Waals surface area contributed by atoms with E-state index in [4.69, 9.17) is 9.47 Å². The van der Waals surface area contributed by atoms with Gasteiger partial charge in [-0.2, -0.15) is 0 Å². The Balaban J connectivity index is 1.53. The molecule has 1 aromatic rings. The van der Waals surface area contributed by atoms with Crippen molar-refractivity contribution in [1.29, 1.82) is 0 Å². The van der Waals surface area contributed by atoms with Crippen LogP contribution in [0.2, 0.25) is 0 Å². The van der Waals surface area contributed by atoms with Crippen LogP contribution in [-0.2, 0) is 0 Å². The lowest BCUT2D eigenvalue weighted by atomic mass is 10.1. The number of hydrogen-bond acceptors (Lipinski definition) is 4. The third-order valence-corrected chi connectivity index (χ3v) is 5.19. The highest BCUT2D eigenvalue weighted by molar-refractivity contribution is 5.94. The first-order valence-electron chi connectivity index (χ1n) is 10.1. The highest BCUT2D eigenvalue weighted by atomic mass is 16.5. The largest absolute Gasteiger partial charge is 0.490 e. The van der Waals surface area contributed by atoms with Crippen LogP contribution in [0.5, 0.6) is 11.5 Å². The number of unbranched alkanes of at least 4 members (excludes halogenated alkanes) is 1. The Hall–Kier alpha value is -1.75. The fraction of sp³-hybridized carbons (Fsp3) is 0.667. The van der Waals surface area contributed by atoms with E-state index in [0.29, 0.717) is 36.2 Å². The molecule has 0 spiro atoms. The molecule has 144 valence electrons. The van der Waals surface area contributed by atoms with E-state index in [1.807, 2.05) is 19.1 Å². The van der Waals surface area contributed by atoms with Crippen LogP contribution in [0.4, 0.5) is 0 Å². The molecule has 0 aromatic heterocycles. The van der Waals surface area contributed by atoms with E-state index < -0.39 is 0 Å². The van der Waals surface area contributed by atoms with Gasteiger partial charge in [-0.15, -0.1) is 0 Å². The van der Waals surface area contributed by atoms with E-state index in [1.54, 1.807) is 6.07 Å². The molecule has 1 aliphatic carbocycles. The number of likely N-dealkylation sites (tertiary alicyclic amines) is 1. The standard InChI is InChI=1S/C21H32N2O3/c1-3-5-12-26-19-9-6-17(13-20(19)25-4-2)21(24)22-14-16-10-11-23(15-16)18-7-8-18/h6,9,13,16,18H,3-5,7-8,10-12,14-15H2,1-2H3,(H,22,24). The molecule has 1 amide bonds. The molecule has 1 saturated carbocycles. The Kier molecular flexibility index (Phi) is 6.78. The number of rotatable bonds is 10.